The molecule has 0 bridgehead atoms. The summed E-state index contributed by atoms with van der Waals surface area (Å²) in [5, 5.41) is 16.9. The van der Waals surface area contributed by atoms with E-state index in [2.05, 4.69) is 0 Å². The van der Waals surface area contributed by atoms with Gasteiger partial charge in [-0.25, -0.2) is 4.90 Å². The Morgan fingerprint density at radius 2 is 1.76 bits per heavy atom. The quantitative estimate of drug-likeness (QED) is 0.141. The second-order valence-corrected chi connectivity index (χ2v) is 16.5. The van der Waals surface area contributed by atoms with E-state index in [1.54, 1.807) is 41.3 Å². The van der Waals surface area contributed by atoms with Crippen molar-refractivity contribution < 1.29 is 29.0 Å². The smallest absolute Gasteiger partial charge is 0.242 e. The number of hydrogen-bond donors (Lipinski definition) is 1. The third-order valence-electron chi connectivity index (χ3n) is 12.3. The van der Waals surface area contributed by atoms with Gasteiger partial charge in [0, 0.05) is 40.4 Å². The average molecular weight is 761 g/mol. The Morgan fingerprint density at radius 3 is 2.52 bits per heavy atom. The number of carbonyl (C=O) groups is 4. The molecular formula is C42H37ClN4O6S. The van der Waals surface area contributed by atoms with Crippen LogP contribution in [0.4, 0.5) is 5.82 Å². The van der Waals surface area contributed by atoms with Crippen molar-refractivity contribution in [3.8, 4) is 22.1 Å². The maximum atomic E-state index is 15.1. The number of nitrogens with zero attached hydrogens (tertiary/aromatic N) is 4. The van der Waals surface area contributed by atoms with Crippen LogP contribution in [0.15, 0.2) is 84.4 Å². The Kier molecular flexibility index (Phi) is 7.92. The number of halogens is 1. The molecule has 274 valence electrons. The number of phenolic OH excluding ortho intramolecular Hbond substituents is 1. The van der Waals surface area contributed by atoms with Crippen LogP contribution < -0.4 is 9.64 Å². The number of amides is 4. The van der Waals surface area contributed by atoms with Crippen LogP contribution in [0.1, 0.15) is 42.4 Å². The fourth-order valence-electron chi connectivity index (χ4n) is 9.72. The third-order valence-corrected chi connectivity index (χ3v) is 13.8. The van der Waals surface area contributed by atoms with Crippen LogP contribution in [0.3, 0.4) is 0 Å². The molecule has 2 saturated heterocycles. The molecule has 3 fully saturated rings. The first-order valence-electron chi connectivity index (χ1n) is 18.0. The molecule has 4 aliphatic rings. The molecule has 0 radical (unpaired) electrons. The van der Waals surface area contributed by atoms with E-state index in [0.717, 1.165) is 31.7 Å². The second-order valence-electron chi connectivity index (χ2n) is 15.0. The summed E-state index contributed by atoms with van der Waals surface area (Å²) in [6.45, 7) is 4.01. The molecule has 6 atom stereocenters. The van der Waals surface area contributed by atoms with Crippen LogP contribution in [0.25, 0.3) is 20.7 Å². The number of imide groups is 2. The lowest BCUT2D eigenvalue weighted by atomic mass is 9.51. The number of aromatic hydroxyl groups is 1. The summed E-state index contributed by atoms with van der Waals surface area (Å²) >= 11 is 7.89. The molecule has 2 aliphatic heterocycles. The Labute approximate surface area is 320 Å². The molecule has 12 heteroatoms. The Balaban J connectivity index is 1.15. The van der Waals surface area contributed by atoms with Gasteiger partial charge in [-0.05, 0) is 73.4 Å². The molecule has 54 heavy (non-hydrogen) atoms. The summed E-state index contributed by atoms with van der Waals surface area (Å²) in [5.74, 6) is -3.76. The summed E-state index contributed by atoms with van der Waals surface area (Å²) in [5.41, 5.74) is 2.67. The van der Waals surface area contributed by atoms with E-state index in [9.17, 15) is 19.5 Å². The standard InChI is InChI=1S/C42H37ClN4O6S/c1-21-28-16-23(43)10-15-33(28)54-37(21)31-19-34(45(3)44-31)47-39(50)30-18-29-25(36(42(30,2)41(47)52)26-12-11-24(48)17-32(26)53-4)13-14-27-35(29)40(51)46(38(27)49)20-22-8-6-5-7-9-22/h5-13,15-17,19,27,29-30,35-36,48H,14,18,20H2,1-4H3/t27-,29+,30-,35-,36+,42+/m0/s1. The van der Waals surface area contributed by atoms with E-state index >= 15 is 4.79 Å². The molecule has 0 unspecified atom stereocenters. The van der Waals surface area contributed by atoms with Crippen LogP contribution in [0.5, 0.6) is 11.5 Å². The number of benzene rings is 3. The summed E-state index contributed by atoms with van der Waals surface area (Å²) in [7, 11) is 3.22. The Hall–Kier alpha value is -5.26. The number of anilines is 1. The molecule has 10 nitrogen and oxygen atoms in total. The number of likely N-dealkylation sites (tertiary alicyclic amines) is 1. The lowest BCUT2D eigenvalue weighted by Crippen LogP contribution is -2.49. The summed E-state index contributed by atoms with van der Waals surface area (Å²) < 4.78 is 8.42. The van der Waals surface area contributed by atoms with Gasteiger partial charge in [-0.15, -0.1) is 11.3 Å². The predicted molar refractivity (Wildman–Crippen MR) is 205 cm³/mol. The number of rotatable bonds is 6. The zero-order valence-electron chi connectivity index (χ0n) is 30.1. The van der Waals surface area contributed by atoms with Gasteiger partial charge >= 0.3 is 0 Å². The number of aryl methyl sites for hydroxylation is 2. The molecular weight excluding hydrogens is 724 g/mol. The summed E-state index contributed by atoms with van der Waals surface area (Å²) in [6, 6.07) is 21.8. The van der Waals surface area contributed by atoms with Crippen molar-refractivity contribution in [3.05, 3.63) is 106 Å². The number of thiophene rings is 1. The molecule has 0 spiro atoms. The van der Waals surface area contributed by atoms with Crippen LogP contribution in [0.2, 0.25) is 5.02 Å². The minimum atomic E-state index is -1.29. The minimum absolute atomic E-state index is 0.00728. The lowest BCUT2D eigenvalue weighted by Gasteiger charge is -2.49. The monoisotopic (exact) mass is 760 g/mol. The fourth-order valence-corrected chi connectivity index (χ4v) is 11.0. The van der Waals surface area contributed by atoms with Crippen molar-refractivity contribution in [3.63, 3.8) is 0 Å². The summed E-state index contributed by atoms with van der Waals surface area (Å²) in [6.07, 6.45) is 2.57. The van der Waals surface area contributed by atoms with Gasteiger partial charge in [-0.3, -0.25) is 28.8 Å². The molecule has 4 amide bonds. The Morgan fingerprint density at radius 1 is 0.981 bits per heavy atom. The zero-order valence-corrected chi connectivity index (χ0v) is 31.6. The highest BCUT2D eigenvalue weighted by Gasteiger charge is 2.68. The van der Waals surface area contributed by atoms with Crippen LogP contribution in [0, 0.1) is 36.0 Å². The SMILES string of the molecule is COc1cc(O)ccc1[C@H]1C2=CC[C@@H]3C(=O)N(Cc4ccccc4)C(=O)[C@@H]3[C@@H]2C[C@H]2C(=O)N(c3cc(-c4sc5ccc(Cl)cc5c4C)nn3C)C(=O)[C@@]12C. The summed E-state index contributed by atoms with van der Waals surface area (Å²) in [4.78, 5) is 61.8. The Bertz CT molecular complexity index is 2470. The number of ether oxygens (including phenoxy) is 1. The van der Waals surface area contributed by atoms with Gasteiger partial charge < -0.3 is 9.84 Å². The largest absolute Gasteiger partial charge is 0.508 e. The lowest BCUT2D eigenvalue weighted by molar-refractivity contribution is -0.141. The molecule has 9 rings (SSSR count). The molecule has 1 N–H and O–H groups in total. The van der Waals surface area contributed by atoms with Crippen molar-refractivity contribution in [1.82, 2.24) is 14.7 Å². The maximum absolute atomic E-state index is 15.1. The fraction of sp³-hybridized carbons (Fsp3) is 0.310. The number of allylic oxidation sites excluding steroid dienone is 2. The normalized spacial score (nSPS) is 26.3. The first-order chi connectivity index (χ1) is 25.9. The molecule has 4 heterocycles. The van der Waals surface area contributed by atoms with Crippen molar-refractivity contribution in [2.75, 3.05) is 12.0 Å². The van der Waals surface area contributed by atoms with Crippen LogP contribution in [-0.4, -0.2) is 50.5 Å². The van der Waals surface area contributed by atoms with E-state index in [4.69, 9.17) is 21.4 Å². The van der Waals surface area contributed by atoms with E-state index < -0.39 is 35.0 Å². The number of aromatic nitrogens is 2. The molecule has 2 aliphatic carbocycles. The first kappa shape index (κ1) is 34.5. The van der Waals surface area contributed by atoms with E-state index in [1.807, 2.05) is 68.5 Å². The zero-order chi connectivity index (χ0) is 37.8. The van der Waals surface area contributed by atoms with Crippen molar-refractivity contribution in [1.29, 1.82) is 0 Å². The maximum Gasteiger partial charge on any atom is 0.242 e. The molecule has 5 aromatic rings. The molecule has 1 saturated carbocycles. The third kappa shape index (κ3) is 4.87. The van der Waals surface area contributed by atoms with Crippen molar-refractivity contribution >= 4 is 62.5 Å². The van der Waals surface area contributed by atoms with Gasteiger partial charge in [0.25, 0.3) is 0 Å². The van der Waals surface area contributed by atoms with Crippen LogP contribution in [-0.2, 0) is 32.8 Å². The number of carbonyl (C=O) groups excluding carboxylic acids is 4. The minimum Gasteiger partial charge on any atom is -0.508 e. The highest BCUT2D eigenvalue weighted by atomic mass is 35.5. The number of fused-ring (bicyclic) bond motifs is 5. The number of methoxy groups -OCH3 is 1. The van der Waals surface area contributed by atoms with Gasteiger partial charge in [0.15, 0.2) is 0 Å². The van der Waals surface area contributed by atoms with Gasteiger partial charge in [-0.1, -0.05) is 59.6 Å². The van der Waals surface area contributed by atoms with Gasteiger partial charge in [0.05, 0.1) is 41.7 Å². The van der Waals surface area contributed by atoms with Gasteiger partial charge in [-0.2, -0.15) is 5.10 Å². The number of hydrogen-bond acceptors (Lipinski definition) is 8. The van der Waals surface area contributed by atoms with E-state index in [0.29, 0.717) is 34.3 Å². The predicted octanol–water partition coefficient (Wildman–Crippen LogP) is 7.41. The highest BCUT2D eigenvalue weighted by molar-refractivity contribution is 7.22. The molecule has 2 aromatic heterocycles. The topological polar surface area (TPSA) is 122 Å². The molecule has 3 aromatic carbocycles. The van der Waals surface area contributed by atoms with Crippen molar-refractivity contribution in [2.45, 2.75) is 39.2 Å². The van der Waals surface area contributed by atoms with Gasteiger partial charge in [0.2, 0.25) is 23.6 Å². The van der Waals surface area contributed by atoms with Crippen LogP contribution >= 0.6 is 22.9 Å². The second kappa shape index (κ2) is 12.4. The van der Waals surface area contributed by atoms with Gasteiger partial charge in [0.1, 0.15) is 23.0 Å². The van der Waals surface area contributed by atoms with E-state index in [1.165, 1.54) is 23.0 Å². The average Bonchev–Trinajstić information content (AvgIpc) is 3.83. The van der Waals surface area contributed by atoms with E-state index in [-0.39, 0.29) is 42.3 Å². The number of phenols is 1. The highest BCUT2D eigenvalue weighted by Crippen LogP contribution is 2.64. The first-order valence-corrected chi connectivity index (χ1v) is 19.2. The van der Waals surface area contributed by atoms with Crippen molar-refractivity contribution in [2.24, 2.45) is 36.1 Å².